The van der Waals surface area contributed by atoms with Crippen LogP contribution in [0.4, 0.5) is 5.69 Å². The predicted octanol–water partition coefficient (Wildman–Crippen LogP) is 2.50. The third-order valence-corrected chi connectivity index (χ3v) is 6.99. The lowest BCUT2D eigenvalue weighted by Gasteiger charge is -2.35. The van der Waals surface area contributed by atoms with Gasteiger partial charge in [-0.25, -0.2) is 8.42 Å². The van der Waals surface area contributed by atoms with Gasteiger partial charge in [-0.15, -0.1) is 0 Å². The van der Waals surface area contributed by atoms with E-state index in [2.05, 4.69) is 15.1 Å². The van der Waals surface area contributed by atoms with Crippen molar-refractivity contribution >= 4 is 27.3 Å². The minimum Gasteiger partial charge on any atom is -0.369 e. The number of sulfonamides is 1. The average Bonchev–Trinajstić information content (AvgIpc) is 2.89. The van der Waals surface area contributed by atoms with E-state index in [0.717, 1.165) is 16.3 Å². The van der Waals surface area contributed by atoms with E-state index in [0.29, 0.717) is 42.5 Å². The van der Waals surface area contributed by atoms with Gasteiger partial charge >= 0.3 is 0 Å². The summed E-state index contributed by atoms with van der Waals surface area (Å²) in [6.07, 6.45) is 0. The first-order valence-electron chi connectivity index (χ1n) is 7.83. The first kappa shape index (κ1) is 17.3. The van der Waals surface area contributed by atoms with E-state index in [9.17, 15) is 8.42 Å². The Morgan fingerprint density at radius 1 is 1.12 bits per heavy atom. The highest BCUT2D eigenvalue weighted by Crippen LogP contribution is 2.26. The summed E-state index contributed by atoms with van der Waals surface area (Å²) in [5.74, 6) is 0. The normalized spacial score (nSPS) is 16.6. The van der Waals surface area contributed by atoms with Crippen LogP contribution in [0.15, 0.2) is 23.1 Å². The van der Waals surface area contributed by atoms with Gasteiger partial charge in [0.05, 0.1) is 11.4 Å². The summed E-state index contributed by atoms with van der Waals surface area (Å²) >= 11 is 6.19. The minimum atomic E-state index is -3.51. The third-order valence-electron chi connectivity index (χ3n) is 4.42. The summed E-state index contributed by atoms with van der Waals surface area (Å²) in [6, 6.07) is 5.94. The van der Waals surface area contributed by atoms with Crippen LogP contribution in [0, 0.1) is 20.8 Å². The number of nitrogens with zero attached hydrogens (tertiary/aromatic N) is 3. The van der Waals surface area contributed by atoms with Crippen LogP contribution in [-0.4, -0.2) is 49.1 Å². The fourth-order valence-corrected chi connectivity index (χ4v) is 4.94. The molecule has 0 atom stereocenters. The highest BCUT2D eigenvalue weighted by molar-refractivity contribution is 7.89. The number of anilines is 1. The Labute approximate surface area is 147 Å². The molecule has 1 aromatic carbocycles. The van der Waals surface area contributed by atoms with Gasteiger partial charge in [-0.2, -0.15) is 9.40 Å². The van der Waals surface area contributed by atoms with Gasteiger partial charge in [-0.3, -0.25) is 5.10 Å². The Kier molecular flexibility index (Phi) is 4.59. The monoisotopic (exact) mass is 368 g/mol. The summed E-state index contributed by atoms with van der Waals surface area (Å²) in [5.41, 5.74) is 3.16. The van der Waals surface area contributed by atoms with E-state index >= 15 is 0 Å². The second kappa shape index (κ2) is 6.38. The number of aromatic nitrogens is 2. The van der Waals surface area contributed by atoms with Crippen LogP contribution in [0.3, 0.4) is 0 Å². The number of nitrogens with one attached hydrogen (secondary N) is 1. The molecule has 2 aromatic rings. The van der Waals surface area contributed by atoms with Gasteiger partial charge in [0, 0.05) is 36.9 Å². The Hall–Kier alpha value is -1.57. The molecule has 0 saturated carbocycles. The van der Waals surface area contributed by atoms with Crippen molar-refractivity contribution in [2.24, 2.45) is 0 Å². The molecule has 0 radical (unpaired) electrons. The second-order valence-electron chi connectivity index (χ2n) is 6.09. The van der Waals surface area contributed by atoms with E-state index in [1.54, 1.807) is 13.8 Å². The molecule has 1 aliphatic rings. The minimum absolute atomic E-state index is 0.300. The van der Waals surface area contributed by atoms with Crippen molar-refractivity contribution in [2.45, 2.75) is 25.7 Å². The van der Waals surface area contributed by atoms with Crippen LogP contribution >= 0.6 is 11.6 Å². The highest BCUT2D eigenvalue weighted by Gasteiger charge is 2.32. The van der Waals surface area contributed by atoms with Crippen molar-refractivity contribution in [1.82, 2.24) is 14.5 Å². The number of hydrogen-bond acceptors (Lipinski definition) is 4. The molecule has 0 bridgehead atoms. The lowest BCUT2D eigenvalue weighted by Crippen LogP contribution is -2.48. The third kappa shape index (κ3) is 3.03. The van der Waals surface area contributed by atoms with E-state index in [1.807, 2.05) is 25.1 Å². The van der Waals surface area contributed by atoms with Gasteiger partial charge in [0.2, 0.25) is 10.0 Å². The summed E-state index contributed by atoms with van der Waals surface area (Å²) in [5, 5.41) is 7.48. The molecule has 0 aliphatic carbocycles. The molecule has 0 unspecified atom stereocenters. The van der Waals surface area contributed by atoms with Gasteiger partial charge in [0.1, 0.15) is 4.90 Å². The number of rotatable bonds is 3. The molecule has 3 rings (SSSR count). The lowest BCUT2D eigenvalue weighted by atomic mass is 10.2. The SMILES string of the molecule is Cc1ccc(N2CCN(S(=O)(=O)c3c(C)n[nH]c3C)CC2)cc1Cl. The van der Waals surface area contributed by atoms with Gasteiger partial charge < -0.3 is 4.90 Å². The number of aromatic amines is 1. The summed E-state index contributed by atoms with van der Waals surface area (Å²) in [7, 11) is -3.51. The number of benzene rings is 1. The van der Waals surface area contributed by atoms with Gasteiger partial charge in [-0.1, -0.05) is 17.7 Å². The van der Waals surface area contributed by atoms with Gasteiger partial charge in [0.25, 0.3) is 0 Å². The topological polar surface area (TPSA) is 69.3 Å². The average molecular weight is 369 g/mol. The number of aryl methyl sites for hydroxylation is 3. The zero-order valence-corrected chi connectivity index (χ0v) is 15.6. The number of halogens is 1. The van der Waals surface area contributed by atoms with E-state index in [-0.39, 0.29) is 0 Å². The highest BCUT2D eigenvalue weighted by atomic mass is 35.5. The summed E-state index contributed by atoms with van der Waals surface area (Å²) < 4.78 is 27.2. The fourth-order valence-electron chi connectivity index (χ4n) is 3.01. The van der Waals surface area contributed by atoms with Crippen molar-refractivity contribution in [3.63, 3.8) is 0 Å². The molecule has 1 fully saturated rings. The molecule has 0 spiro atoms. The zero-order chi connectivity index (χ0) is 17.5. The first-order chi connectivity index (χ1) is 11.3. The van der Waals surface area contributed by atoms with E-state index < -0.39 is 10.0 Å². The van der Waals surface area contributed by atoms with Gasteiger partial charge in [0.15, 0.2) is 0 Å². The van der Waals surface area contributed by atoms with Crippen molar-refractivity contribution in [2.75, 3.05) is 31.1 Å². The molecule has 1 aliphatic heterocycles. The maximum absolute atomic E-state index is 12.9. The van der Waals surface area contributed by atoms with Crippen molar-refractivity contribution < 1.29 is 8.42 Å². The van der Waals surface area contributed by atoms with Crippen molar-refractivity contribution in [3.8, 4) is 0 Å². The molecule has 1 aromatic heterocycles. The Morgan fingerprint density at radius 3 is 2.33 bits per heavy atom. The molecule has 6 nitrogen and oxygen atoms in total. The standard InChI is InChI=1S/C16H21ClN4O2S/c1-11-4-5-14(10-15(11)17)20-6-8-21(9-7-20)24(22,23)16-12(2)18-19-13(16)3/h4-5,10H,6-9H2,1-3H3,(H,18,19). The van der Waals surface area contributed by atoms with Gasteiger partial charge in [-0.05, 0) is 38.5 Å². The Bertz CT molecular complexity index is 835. The molecule has 1 saturated heterocycles. The second-order valence-corrected chi connectivity index (χ2v) is 8.37. The van der Waals surface area contributed by atoms with Crippen molar-refractivity contribution in [1.29, 1.82) is 0 Å². The molecule has 130 valence electrons. The summed E-state index contributed by atoms with van der Waals surface area (Å²) in [4.78, 5) is 2.46. The zero-order valence-electron chi connectivity index (χ0n) is 14.0. The largest absolute Gasteiger partial charge is 0.369 e. The Balaban J connectivity index is 1.76. The first-order valence-corrected chi connectivity index (χ1v) is 9.65. The van der Waals surface area contributed by atoms with Crippen molar-refractivity contribution in [3.05, 3.63) is 40.2 Å². The number of H-pyrrole nitrogens is 1. The van der Waals surface area contributed by atoms with E-state index in [4.69, 9.17) is 11.6 Å². The van der Waals surface area contributed by atoms with Crippen LogP contribution < -0.4 is 4.90 Å². The predicted molar refractivity (Wildman–Crippen MR) is 95.2 cm³/mol. The van der Waals surface area contributed by atoms with Crippen LogP contribution in [-0.2, 0) is 10.0 Å². The quantitative estimate of drug-likeness (QED) is 0.903. The van der Waals surface area contributed by atoms with E-state index in [1.165, 1.54) is 4.31 Å². The molecule has 0 amide bonds. The number of hydrogen-bond donors (Lipinski definition) is 1. The molecular weight excluding hydrogens is 348 g/mol. The molecule has 2 heterocycles. The van der Waals surface area contributed by atoms with Crippen LogP contribution in [0.1, 0.15) is 17.0 Å². The fraction of sp³-hybridized carbons (Fsp3) is 0.438. The lowest BCUT2D eigenvalue weighted by molar-refractivity contribution is 0.384. The Morgan fingerprint density at radius 2 is 1.79 bits per heavy atom. The summed E-state index contributed by atoms with van der Waals surface area (Å²) in [6.45, 7) is 7.56. The maximum atomic E-state index is 12.9. The molecule has 8 heteroatoms. The number of piperazine rings is 1. The van der Waals surface area contributed by atoms with Crippen LogP contribution in [0.5, 0.6) is 0 Å². The maximum Gasteiger partial charge on any atom is 0.246 e. The van der Waals surface area contributed by atoms with Crippen LogP contribution in [0.25, 0.3) is 0 Å². The molecule has 24 heavy (non-hydrogen) atoms. The molecule has 1 N–H and O–H groups in total. The van der Waals surface area contributed by atoms with Crippen LogP contribution in [0.2, 0.25) is 5.02 Å². The molecular formula is C16H21ClN4O2S. The smallest absolute Gasteiger partial charge is 0.246 e.